The lowest BCUT2D eigenvalue weighted by molar-refractivity contribution is -0.898. The highest BCUT2D eigenvalue weighted by molar-refractivity contribution is 7.91. The third-order valence-corrected chi connectivity index (χ3v) is 6.26. The summed E-state index contributed by atoms with van der Waals surface area (Å²) in [6, 6.07) is 13.5. The van der Waals surface area contributed by atoms with E-state index in [4.69, 9.17) is 0 Å². The number of sulfonamides is 1. The number of carboxylic acids is 1. The summed E-state index contributed by atoms with van der Waals surface area (Å²) in [5.41, 5.74) is 1.76. The first kappa shape index (κ1) is 24.0. The summed E-state index contributed by atoms with van der Waals surface area (Å²) in [6.45, 7) is 6.73. The molecule has 0 bridgehead atoms. The number of nitrogens with zero attached hydrogens (tertiary/aromatic N) is 1. The molecule has 1 fully saturated rings. The van der Waals surface area contributed by atoms with Gasteiger partial charge < -0.3 is 14.9 Å². The van der Waals surface area contributed by atoms with Gasteiger partial charge in [0.25, 0.3) is 0 Å². The fourth-order valence-electron chi connectivity index (χ4n) is 3.44. The highest BCUT2D eigenvalue weighted by atomic mass is 35.5. The molecule has 1 aliphatic heterocycles. The monoisotopic (exact) mass is 454 g/mol. The smallest absolute Gasteiger partial charge is 0.335 e. The van der Waals surface area contributed by atoms with E-state index < -0.39 is 16.0 Å². The molecule has 1 heterocycles. The van der Waals surface area contributed by atoms with E-state index in [0.717, 1.165) is 38.4 Å². The number of alkyl halides is 1. The molecule has 2 aromatic carbocycles. The molecule has 9 heteroatoms. The number of likely N-dealkylation sites (N-methyl/N-ethyl adjacent to an activating group) is 1. The number of benzene rings is 2. The average molecular weight is 455 g/mol. The van der Waals surface area contributed by atoms with Crippen molar-refractivity contribution in [3.05, 3.63) is 59.7 Å². The van der Waals surface area contributed by atoms with Crippen molar-refractivity contribution in [2.75, 3.05) is 48.7 Å². The third-order valence-electron chi connectivity index (χ3n) is 5.02. The summed E-state index contributed by atoms with van der Waals surface area (Å²) >= 11 is 4.64. The van der Waals surface area contributed by atoms with Crippen molar-refractivity contribution in [1.82, 2.24) is 0 Å². The van der Waals surface area contributed by atoms with Crippen molar-refractivity contribution in [3.8, 4) is 0 Å². The number of aromatic carboxylic acids is 1. The van der Waals surface area contributed by atoms with Crippen LogP contribution in [0.25, 0.3) is 0 Å². The minimum absolute atomic E-state index is 0.0546. The Balaban J connectivity index is 0.00000155. The first-order valence-corrected chi connectivity index (χ1v) is 12.2. The Hall–Kier alpha value is -2.29. The zero-order valence-electron chi connectivity index (χ0n) is 17.3. The molecule has 0 aromatic heterocycles. The Morgan fingerprint density at radius 1 is 1.13 bits per heavy atom. The fraction of sp³-hybridized carbons (Fsp3) is 0.381. The van der Waals surface area contributed by atoms with Gasteiger partial charge in [-0.2, -0.15) is 0 Å². The van der Waals surface area contributed by atoms with Crippen molar-refractivity contribution in [2.24, 2.45) is 0 Å². The van der Waals surface area contributed by atoms with Gasteiger partial charge in [-0.05, 0) is 30.7 Å². The van der Waals surface area contributed by atoms with Gasteiger partial charge in [0, 0.05) is 6.38 Å². The Morgan fingerprint density at radius 2 is 1.77 bits per heavy atom. The summed E-state index contributed by atoms with van der Waals surface area (Å²) in [5, 5.41) is 9.32. The molecule has 0 radical (unpaired) electrons. The number of rotatable bonds is 7. The Labute approximate surface area is 183 Å². The van der Waals surface area contributed by atoms with Crippen LogP contribution in [0, 0.1) is 0 Å². The lowest BCUT2D eigenvalue weighted by atomic mass is 10.1. The van der Waals surface area contributed by atoms with Crippen molar-refractivity contribution in [2.45, 2.75) is 12.7 Å². The van der Waals surface area contributed by atoms with E-state index in [2.05, 4.69) is 28.1 Å². The molecule has 3 N–H and O–H groups in total. The van der Waals surface area contributed by atoms with Crippen LogP contribution in [0.3, 0.4) is 0 Å². The van der Waals surface area contributed by atoms with Crippen molar-refractivity contribution >= 4 is 39.0 Å². The summed E-state index contributed by atoms with van der Waals surface area (Å²) < 4.78 is 28.0. The van der Waals surface area contributed by atoms with Gasteiger partial charge >= 0.3 is 5.97 Å². The largest absolute Gasteiger partial charge is 0.478 e. The van der Waals surface area contributed by atoms with Gasteiger partial charge in [-0.3, -0.25) is 4.72 Å². The summed E-state index contributed by atoms with van der Waals surface area (Å²) in [6.07, 6.45) is 1.47. The van der Waals surface area contributed by atoms with Crippen LogP contribution >= 0.6 is 11.6 Å². The molecular weight excluding hydrogens is 426 g/mol. The summed E-state index contributed by atoms with van der Waals surface area (Å²) in [4.78, 5) is 15.0. The molecule has 0 atom stereocenters. The van der Waals surface area contributed by atoms with Crippen molar-refractivity contribution in [1.29, 1.82) is 0 Å². The number of carboxylic acid groups (broad SMARTS) is 1. The third kappa shape index (κ3) is 6.62. The first-order valence-electron chi connectivity index (χ1n) is 9.76. The minimum atomic E-state index is -3.68. The van der Waals surface area contributed by atoms with E-state index in [9.17, 15) is 18.3 Å². The number of hydrogen-bond donors (Lipinski definition) is 3. The number of hydrogen-bond acceptors (Lipinski definition) is 4. The molecular formula is C21H29ClN3O4S+. The number of nitrogens with one attached hydrogen (secondary N) is 2. The van der Waals surface area contributed by atoms with Crippen LogP contribution in [0.5, 0.6) is 0 Å². The topological polar surface area (TPSA) is 91.2 Å². The number of halogens is 1. The summed E-state index contributed by atoms with van der Waals surface area (Å²) in [7, 11) is -3.68. The molecule has 0 amide bonds. The van der Waals surface area contributed by atoms with Gasteiger partial charge in [0.1, 0.15) is 0 Å². The normalized spacial score (nSPS) is 14.6. The molecule has 0 unspecified atom stereocenters. The highest BCUT2D eigenvalue weighted by Crippen LogP contribution is 2.29. The van der Waals surface area contributed by atoms with E-state index >= 15 is 0 Å². The van der Waals surface area contributed by atoms with Crippen LogP contribution in [-0.4, -0.2) is 58.6 Å². The molecule has 1 aliphatic rings. The number of carbonyl (C=O) groups is 1. The second-order valence-electron chi connectivity index (χ2n) is 6.97. The lowest BCUT2D eigenvalue weighted by Gasteiger charge is -2.34. The average Bonchev–Trinajstić information content (AvgIpc) is 2.75. The molecule has 30 heavy (non-hydrogen) atoms. The highest BCUT2D eigenvalue weighted by Gasteiger charge is 2.23. The molecule has 0 saturated carbocycles. The minimum Gasteiger partial charge on any atom is -0.478 e. The van der Waals surface area contributed by atoms with Crippen molar-refractivity contribution in [3.63, 3.8) is 0 Å². The SMILES string of the molecule is CC[NH+]1CCN(c2ccc(C(=O)O)cc2NS(=O)(=O)Cc2ccccc2)CC1.CCl. The second kappa shape index (κ2) is 11.2. The molecule has 0 spiro atoms. The van der Waals surface area contributed by atoms with Gasteiger partial charge in [-0.1, -0.05) is 30.3 Å². The maximum absolute atomic E-state index is 12.7. The lowest BCUT2D eigenvalue weighted by Crippen LogP contribution is -3.14. The Kier molecular flexibility index (Phi) is 8.95. The fourth-order valence-corrected chi connectivity index (χ4v) is 4.64. The van der Waals surface area contributed by atoms with Crippen LogP contribution in [0.2, 0.25) is 0 Å². The Morgan fingerprint density at radius 3 is 2.33 bits per heavy atom. The van der Waals surface area contributed by atoms with Crippen LogP contribution in [0.1, 0.15) is 22.8 Å². The van der Waals surface area contributed by atoms with Crippen molar-refractivity contribution < 1.29 is 23.2 Å². The predicted octanol–water partition coefficient (Wildman–Crippen LogP) is 1.91. The first-order chi connectivity index (χ1) is 14.4. The van der Waals surface area contributed by atoms with E-state index in [0.29, 0.717) is 11.3 Å². The predicted molar refractivity (Wildman–Crippen MR) is 121 cm³/mol. The zero-order chi connectivity index (χ0) is 22.1. The zero-order valence-corrected chi connectivity index (χ0v) is 18.8. The van der Waals surface area contributed by atoms with Crippen LogP contribution in [0.15, 0.2) is 48.5 Å². The van der Waals surface area contributed by atoms with E-state index in [-0.39, 0.29) is 11.3 Å². The second-order valence-corrected chi connectivity index (χ2v) is 8.70. The van der Waals surface area contributed by atoms with Gasteiger partial charge in [-0.25, -0.2) is 13.2 Å². The molecule has 1 saturated heterocycles. The van der Waals surface area contributed by atoms with E-state index in [1.165, 1.54) is 23.4 Å². The number of piperazine rings is 1. The van der Waals surface area contributed by atoms with Crippen LogP contribution < -0.4 is 14.5 Å². The standard InChI is InChI=1S/C20H25N3O4S.CH3Cl/c1-2-22-10-12-23(13-11-22)19-9-8-17(20(24)25)14-18(19)21-28(26,27)15-16-6-4-3-5-7-16;1-2/h3-9,14,21H,2,10-13,15H2,1H3,(H,24,25);1H3/p+1. The van der Waals surface area contributed by atoms with Gasteiger partial charge in [0.05, 0.1) is 55.4 Å². The quantitative estimate of drug-likeness (QED) is 0.556. The summed E-state index contributed by atoms with van der Waals surface area (Å²) in [5.74, 6) is -1.26. The van der Waals surface area contributed by atoms with E-state index in [1.54, 1.807) is 30.3 Å². The molecule has 0 aliphatic carbocycles. The van der Waals surface area contributed by atoms with Crippen LogP contribution in [0.4, 0.5) is 11.4 Å². The number of quaternary nitrogens is 1. The maximum Gasteiger partial charge on any atom is 0.335 e. The van der Waals surface area contributed by atoms with Crippen LogP contribution in [-0.2, 0) is 15.8 Å². The Bertz CT molecular complexity index is 931. The number of anilines is 2. The van der Waals surface area contributed by atoms with Gasteiger partial charge in [0.15, 0.2) is 0 Å². The molecule has 3 rings (SSSR count). The van der Waals surface area contributed by atoms with Gasteiger partial charge in [0.2, 0.25) is 10.0 Å². The molecule has 164 valence electrons. The maximum atomic E-state index is 12.7. The van der Waals surface area contributed by atoms with E-state index in [1.807, 2.05) is 6.07 Å². The molecule has 2 aromatic rings. The molecule has 7 nitrogen and oxygen atoms in total. The van der Waals surface area contributed by atoms with Gasteiger partial charge in [-0.15, -0.1) is 11.6 Å².